The number of fused-ring (bicyclic) bond motifs is 1. The first-order valence-corrected chi connectivity index (χ1v) is 17.7. The van der Waals surface area contributed by atoms with E-state index >= 15 is 0 Å². The number of aromatic amines is 1. The van der Waals surface area contributed by atoms with E-state index in [0.717, 1.165) is 67.6 Å². The number of imidazole rings is 1. The zero-order valence-electron chi connectivity index (χ0n) is 28.4. The van der Waals surface area contributed by atoms with Crippen LogP contribution in [0.25, 0.3) is 0 Å². The van der Waals surface area contributed by atoms with Gasteiger partial charge in [0.25, 0.3) is 0 Å². The molecule has 0 bridgehead atoms. The Morgan fingerprint density at radius 2 is 1.98 bits per heavy atom. The number of esters is 1. The fraction of sp³-hybridized carbons (Fsp3) is 0.737. The van der Waals surface area contributed by atoms with Gasteiger partial charge < -0.3 is 25.0 Å². The van der Waals surface area contributed by atoms with Crippen LogP contribution in [0.4, 0.5) is 0 Å². The average Bonchev–Trinajstić information content (AvgIpc) is 3.52. The Morgan fingerprint density at radius 1 is 1.22 bits per heavy atom. The highest BCUT2D eigenvalue weighted by molar-refractivity contribution is 5.76. The highest BCUT2D eigenvalue weighted by atomic mass is 16.5. The molecule has 7 heteroatoms. The van der Waals surface area contributed by atoms with Crippen LogP contribution in [-0.2, 0) is 21.4 Å². The quantitative estimate of drug-likeness (QED) is 0.189. The van der Waals surface area contributed by atoms with Gasteiger partial charge >= 0.3 is 5.97 Å². The van der Waals surface area contributed by atoms with Crippen LogP contribution in [0.3, 0.4) is 0 Å². The molecule has 0 aromatic carbocycles. The second kappa shape index (κ2) is 13.5. The van der Waals surface area contributed by atoms with E-state index < -0.39 is 17.6 Å². The molecule has 7 atom stereocenters. The largest absolute Gasteiger partial charge is 0.461 e. The van der Waals surface area contributed by atoms with E-state index in [4.69, 9.17) is 9.72 Å². The van der Waals surface area contributed by atoms with Gasteiger partial charge in [-0.1, -0.05) is 51.5 Å². The summed E-state index contributed by atoms with van der Waals surface area (Å²) >= 11 is 0. The van der Waals surface area contributed by atoms with Crippen LogP contribution < -0.4 is 0 Å². The third kappa shape index (κ3) is 6.92. The number of hydrogen-bond donors (Lipinski definition) is 4. The third-order valence-electron chi connectivity index (χ3n) is 12.1. The van der Waals surface area contributed by atoms with Crippen molar-refractivity contribution in [3.8, 4) is 0 Å². The normalized spacial score (nSPS) is 32.8. The van der Waals surface area contributed by atoms with E-state index in [9.17, 15) is 20.1 Å². The Labute approximate surface area is 270 Å². The molecule has 7 nitrogen and oxygen atoms in total. The van der Waals surface area contributed by atoms with E-state index in [2.05, 4.69) is 44.5 Å². The lowest BCUT2D eigenvalue weighted by Crippen LogP contribution is -2.40. The molecular weight excluding hydrogens is 564 g/mol. The smallest absolute Gasteiger partial charge is 0.314 e. The van der Waals surface area contributed by atoms with Crippen molar-refractivity contribution in [1.29, 1.82) is 0 Å². The first-order valence-electron chi connectivity index (χ1n) is 17.7. The number of allylic oxidation sites excluding steroid dienone is 3. The number of aliphatic hydroxyl groups excluding tert-OH is 3. The van der Waals surface area contributed by atoms with Crippen LogP contribution in [0.1, 0.15) is 123 Å². The molecule has 0 spiro atoms. The first kappa shape index (κ1) is 34.1. The standard InChI is InChI=1S/C38H58N2O5/c1-7-9-28-22-39-34(40-28)38(18-19-38)33(45-35(44)36(4,5)23-41)16-11-24(2)30-14-15-31-26(10-8-17-37(30,31)6)12-13-27-20-29(42)21-32(43)25(27)3/h12-13,22,24,29-33,41-43H,3,7-11,14-21,23H2,1-2,4-6H3,(H,39,40)/t24-,29-,30-,31+,32+,33+,37-/m1/s1. The zero-order chi connectivity index (χ0) is 32.6. The molecule has 0 saturated heterocycles. The van der Waals surface area contributed by atoms with Gasteiger partial charge in [0.2, 0.25) is 0 Å². The molecule has 0 unspecified atom stereocenters. The molecule has 0 radical (unpaired) electrons. The fourth-order valence-corrected chi connectivity index (χ4v) is 8.95. The summed E-state index contributed by atoms with van der Waals surface area (Å²) in [7, 11) is 0. The van der Waals surface area contributed by atoms with E-state index in [1.807, 2.05) is 6.20 Å². The van der Waals surface area contributed by atoms with Crippen LogP contribution in [0, 0.1) is 28.6 Å². The summed E-state index contributed by atoms with van der Waals surface area (Å²) in [6.07, 6.45) is 17.4. The van der Waals surface area contributed by atoms with Gasteiger partial charge in [-0.2, -0.15) is 0 Å². The number of rotatable bonds is 12. The van der Waals surface area contributed by atoms with E-state index in [0.29, 0.717) is 30.6 Å². The van der Waals surface area contributed by atoms with Crippen LogP contribution >= 0.6 is 0 Å². The maximum absolute atomic E-state index is 13.3. The van der Waals surface area contributed by atoms with Crippen molar-refractivity contribution in [3.63, 3.8) is 0 Å². The molecule has 1 heterocycles. The number of nitrogens with zero attached hydrogens (tertiary/aromatic N) is 1. The molecule has 4 N–H and O–H groups in total. The average molecular weight is 623 g/mol. The van der Waals surface area contributed by atoms with Crippen molar-refractivity contribution >= 4 is 5.97 Å². The second-order valence-corrected chi connectivity index (χ2v) is 15.8. The van der Waals surface area contributed by atoms with E-state index in [1.165, 1.54) is 31.3 Å². The number of carbonyl (C=O) groups excluding carboxylic acids is 1. The number of nitrogens with one attached hydrogen (secondary N) is 1. The van der Waals surface area contributed by atoms with Gasteiger partial charge in [-0.3, -0.25) is 4.79 Å². The second-order valence-electron chi connectivity index (χ2n) is 15.8. The lowest BCUT2D eigenvalue weighted by molar-refractivity contribution is -0.164. The molecule has 250 valence electrons. The molecule has 0 amide bonds. The monoisotopic (exact) mass is 622 g/mol. The maximum atomic E-state index is 13.3. The molecule has 4 fully saturated rings. The summed E-state index contributed by atoms with van der Waals surface area (Å²) in [5, 5.41) is 30.4. The predicted octanol–water partition coefficient (Wildman–Crippen LogP) is 6.88. The molecule has 5 rings (SSSR count). The van der Waals surface area contributed by atoms with Crippen molar-refractivity contribution < 1.29 is 24.9 Å². The van der Waals surface area contributed by atoms with Crippen LogP contribution in [0.2, 0.25) is 0 Å². The fourth-order valence-electron chi connectivity index (χ4n) is 8.95. The van der Waals surface area contributed by atoms with Crippen LogP contribution in [-0.4, -0.2) is 56.2 Å². The molecule has 4 saturated carbocycles. The molecule has 1 aromatic rings. The summed E-state index contributed by atoms with van der Waals surface area (Å²) in [6.45, 7) is 14.4. The van der Waals surface area contributed by atoms with Crippen molar-refractivity contribution in [2.24, 2.45) is 28.6 Å². The van der Waals surface area contributed by atoms with Gasteiger partial charge in [-0.05, 0) is 119 Å². The molecule has 45 heavy (non-hydrogen) atoms. The summed E-state index contributed by atoms with van der Waals surface area (Å²) in [5.74, 6) is 2.22. The Kier molecular flexibility index (Phi) is 10.2. The first-order chi connectivity index (χ1) is 21.3. The molecule has 4 aliphatic rings. The zero-order valence-corrected chi connectivity index (χ0v) is 28.4. The number of carbonyl (C=O) groups is 1. The van der Waals surface area contributed by atoms with Gasteiger partial charge in [0.1, 0.15) is 11.9 Å². The Bertz CT molecular complexity index is 1290. The number of hydrogen-bond acceptors (Lipinski definition) is 6. The van der Waals surface area contributed by atoms with Crippen molar-refractivity contribution in [1.82, 2.24) is 9.97 Å². The molecule has 0 aliphatic heterocycles. The van der Waals surface area contributed by atoms with E-state index in [1.54, 1.807) is 13.8 Å². The van der Waals surface area contributed by atoms with Gasteiger partial charge in [0.05, 0.1) is 29.6 Å². The highest BCUT2D eigenvalue weighted by Crippen LogP contribution is 2.60. The topological polar surface area (TPSA) is 116 Å². The summed E-state index contributed by atoms with van der Waals surface area (Å²) < 4.78 is 6.32. The Hall–Kier alpha value is -2.22. The van der Waals surface area contributed by atoms with E-state index in [-0.39, 0.29) is 29.5 Å². The summed E-state index contributed by atoms with van der Waals surface area (Å²) in [6, 6.07) is 0. The van der Waals surface area contributed by atoms with Crippen LogP contribution in [0.5, 0.6) is 0 Å². The van der Waals surface area contributed by atoms with Gasteiger partial charge in [-0.15, -0.1) is 0 Å². The maximum Gasteiger partial charge on any atom is 0.314 e. The summed E-state index contributed by atoms with van der Waals surface area (Å²) in [4.78, 5) is 21.6. The van der Waals surface area contributed by atoms with Gasteiger partial charge in [0.15, 0.2) is 0 Å². The number of aromatic nitrogens is 2. The van der Waals surface area contributed by atoms with Gasteiger partial charge in [-0.25, -0.2) is 4.98 Å². The number of aliphatic hydroxyl groups is 3. The lowest BCUT2D eigenvalue weighted by Gasteiger charge is -2.44. The number of aryl methyl sites for hydroxylation is 1. The highest BCUT2D eigenvalue weighted by Gasteiger charge is 2.56. The minimum atomic E-state index is -0.942. The van der Waals surface area contributed by atoms with Crippen LogP contribution in [0.15, 0.2) is 41.6 Å². The van der Waals surface area contributed by atoms with Crippen molar-refractivity contribution in [2.45, 2.75) is 142 Å². The SMILES string of the molecule is C=C1C(=CC=C2CCC[C@]3(C)[C@@H]([C@H](C)CC[C@H](OC(=O)C(C)(C)CO)C4(c5ncc(CCC)[nH]5)CC4)CC[C@@H]23)C[C@@H](O)C[C@@H]1O. The lowest BCUT2D eigenvalue weighted by atomic mass is 9.60. The Morgan fingerprint density at radius 3 is 2.67 bits per heavy atom. The van der Waals surface area contributed by atoms with Crippen molar-refractivity contribution in [2.75, 3.05) is 6.61 Å². The molecule has 1 aromatic heterocycles. The number of ether oxygens (including phenoxy) is 1. The third-order valence-corrected chi connectivity index (χ3v) is 12.1. The molecule has 4 aliphatic carbocycles. The Balaban J connectivity index is 1.31. The summed E-state index contributed by atoms with van der Waals surface area (Å²) in [5.41, 5.74) is 3.37. The van der Waals surface area contributed by atoms with Gasteiger partial charge in [0, 0.05) is 18.3 Å². The van der Waals surface area contributed by atoms with Crippen molar-refractivity contribution in [3.05, 3.63) is 53.2 Å². The molecular formula is C38H58N2O5. The predicted molar refractivity (Wildman–Crippen MR) is 177 cm³/mol. The minimum Gasteiger partial charge on any atom is -0.461 e. The number of H-pyrrole nitrogens is 1. The minimum absolute atomic E-state index is 0.225.